The third-order valence-electron chi connectivity index (χ3n) is 5.40. The summed E-state index contributed by atoms with van der Waals surface area (Å²) in [5.41, 5.74) is 19.3. The van der Waals surface area contributed by atoms with E-state index in [2.05, 4.69) is 0 Å². The van der Waals surface area contributed by atoms with Crippen molar-refractivity contribution in [2.75, 3.05) is 7.05 Å². The Hall–Kier alpha value is -2.80. The van der Waals surface area contributed by atoms with E-state index in [9.17, 15) is 19.2 Å². The quantitative estimate of drug-likeness (QED) is 0.260. The van der Waals surface area contributed by atoms with Crippen LogP contribution in [0.15, 0.2) is 48.5 Å². The second-order valence-corrected chi connectivity index (χ2v) is 7.60. The molecule has 0 unspecified atom stereocenters. The molecule has 7 heteroatoms. The van der Waals surface area contributed by atoms with E-state index in [-0.39, 0.29) is 55.4 Å². The molecule has 0 fully saturated rings. The summed E-state index contributed by atoms with van der Waals surface area (Å²) >= 11 is 0. The van der Waals surface area contributed by atoms with Gasteiger partial charge in [0.15, 0.2) is 17.9 Å². The SMILES string of the molecule is CC(=O)c1cc(C)c(-c2ccc(-c3cc(C(C)=O)c(C([NH-])=O)cc3C)cc2)cc1C=O.C[NH-].[Y]. The summed E-state index contributed by atoms with van der Waals surface area (Å²) in [6, 6.07) is 14.3. The van der Waals surface area contributed by atoms with Crippen molar-refractivity contribution in [3.63, 3.8) is 0 Å². The van der Waals surface area contributed by atoms with Gasteiger partial charge >= 0.3 is 0 Å². The molecule has 1 amide bonds. The first-order chi connectivity index (χ1) is 15.6. The number of benzene rings is 3. The van der Waals surface area contributed by atoms with E-state index in [1.807, 2.05) is 38.1 Å². The Morgan fingerprint density at radius 3 is 1.50 bits per heavy atom. The van der Waals surface area contributed by atoms with Crippen LogP contribution < -0.4 is 0 Å². The summed E-state index contributed by atoms with van der Waals surface area (Å²) in [7, 11) is 1.25. The largest absolute Gasteiger partial charge is 0.680 e. The monoisotopic (exact) mass is 531 g/mol. The van der Waals surface area contributed by atoms with Gasteiger partial charge in [0.2, 0.25) is 0 Å². The van der Waals surface area contributed by atoms with Crippen LogP contribution in [0.2, 0.25) is 0 Å². The molecule has 0 bridgehead atoms. The van der Waals surface area contributed by atoms with Crippen molar-refractivity contribution in [2.45, 2.75) is 27.7 Å². The van der Waals surface area contributed by atoms with Crippen LogP contribution in [0.3, 0.4) is 0 Å². The van der Waals surface area contributed by atoms with Gasteiger partial charge in [0.25, 0.3) is 0 Å². The van der Waals surface area contributed by atoms with Crippen molar-refractivity contribution >= 4 is 23.8 Å². The number of Topliss-reactive ketones (excluding diaryl/α,β-unsaturated/α-hetero) is 2. The number of rotatable bonds is 6. The van der Waals surface area contributed by atoms with Gasteiger partial charge in [0, 0.05) is 55.0 Å². The first kappa shape index (κ1) is 29.2. The zero-order chi connectivity index (χ0) is 24.9. The molecule has 173 valence electrons. The van der Waals surface area contributed by atoms with Crippen molar-refractivity contribution in [3.8, 4) is 22.3 Å². The first-order valence-electron chi connectivity index (χ1n) is 10.3. The van der Waals surface area contributed by atoms with Gasteiger partial charge in [-0.05, 0) is 85.3 Å². The molecule has 0 aromatic heterocycles. The summed E-state index contributed by atoms with van der Waals surface area (Å²) in [5.74, 6) is -1.31. The molecule has 0 aliphatic heterocycles. The molecule has 34 heavy (non-hydrogen) atoms. The van der Waals surface area contributed by atoms with E-state index >= 15 is 0 Å². The molecule has 3 aromatic carbocycles. The van der Waals surface area contributed by atoms with Crippen LogP contribution in [0.4, 0.5) is 0 Å². The fourth-order valence-corrected chi connectivity index (χ4v) is 3.77. The summed E-state index contributed by atoms with van der Waals surface area (Å²) < 4.78 is 0. The predicted octanol–water partition coefficient (Wildman–Crippen LogP) is 6.71. The maximum Gasteiger partial charge on any atom is 0.160 e. The zero-order valence-electron chi connectivity index (χ0n) is 19.9. The molecule has 0 aliphatic rings. The summed E-state index contributed by atoms with van der Waals surface area (Å²) in [4.78, 5) is 46.8. The third-order valence-corrected chi connectivity index (χ3v) is 5.40. The van der Waals surface area contributed by atoms with E-state index in [0.717, 1.165) is 33.4 Å². The van der Waals surface area contributed by atoms with Crippen LogP contribution in [0, 0.1) is 13.8 Å². The number of hydrogen-bond acceptors (Lipinski definition) is 4. The summed E-state index contributed by atoms with van der Waals surface area (Å²) in [6.45, 7) is 6.54. The Bertz CT molecular complexity index is 1250. The van der Waals surface area contributed by atoms with Crippen molar-refractivity contribution in [2.24, 2.45) is 0 Å². The van der Waals surface area contributed by atoms with Crippen molar-refractivity contribution in [1.82, 2.24) is 0 Å². The van der Waals surface area contributed by atoms with E-state index in [0.29, 0.717) is 17.4 Å². The maximum absolute atomic E-state index is 12.0. The van der Waals surface area contributed by atoms with Gasteiger partial charge in [0.05, 0.1) is 5.91 Å². The zero-order valence-corrected chi connectivity index (χ0v) is 22.7. The second kappa shape index (κ2) is 12.6. The van der Waals surface area contributed by atoms with Gasteiger partial charge in [-0.2, -0.15) is 7.05 Å². The first-order valence-corrected chi connectivity index (χ1v) is 10.3. The third kappa shape index (κ3) is 6.20. The van der Waals surface area contributed by atoms with Gasteiger partial charge in [-0.3, -0.25) is 14.4 Å². The minimum atomic E-state index is -0.884. The molecule has 1 radical (unpaired) electrons. The smallest absolute Gasteiger partial charge is 0.160 e. The summed E-state index contributed by atoms with van der Waals surface area (Å²) in [5, 5.41) is 0. The van der Waals surface area contributed by atoms with Crippen LogP contribution in [-0.2, 0) is 32.7 Å². The molecule has 3 rings (SSSR count). The molecule has 0 saturated heterocycles. The Labute approximate surface area is 225 Å². The molecule has 0 spiro atoms. The molecule has 0 saturated carbocycles. The van der Waals surface area contributed by atoms with Gasteiger partial charge in [-0.1, -0.05) is 24.3 Å². The van der Waals surface area contributed by atoms with E-state index < -0.39 is 5.91 Å². The second-order valence-electron chi connectivity index (χ2n) is 7.60. The Morgan fingerprint density at radius 2 is 1.12 bits per heavy atom. The standard InChI is InChI=1S/C26H23NO4.CH4N.Y/c1-14-9-23(16(3)29)20(13-28)11-21(14)18-5-7-19(8-6-18)22-12-24(17(4)30)25(26(27)31)10-15(22)2;1-2;/h5-13H,1-4H3,(H2,27,31);2H,1H3;/q;-1;/p-1. The number of ketones is 2. The normalized spacial score (nSPS) is 9.82. The van der Waals surface area contributed by atoms with Crippen molar-refractivity contribution in [1.29, 1.82) is 0 Å². The van der Waals surface area contributed by atoms with Gasteiger partial charge in [-0.25, -0.2) is 0 Å². The van der Waals surface area contributed by atoms with Gasteiger partial charge < -0.3 is 16.3 Å². The number of hydrogen-bond donors (Lipinski definition) is 0. The molecule has 2 N–H and O–H groups in total. The molecular formula is C27H26N2O4Y-2. The Kier molecular flexibility index (Phi) is 10.8. The number of aldehydes is 1. The van der Waals surface area contributed by atoms with E-state index in [1.54, 1.807) is 24.3 Å². The average Bonchev–Trinajstić information content (AvgIpc) is 2.80. The molecule has 0 heterocycles. The summed E-state index contributed by atoms with van der Waals surface area (Å²) in [6.07, 6.45) is 0.690. The van der Waals surface area contributed by atoms with Gasteiger partial charge in [-0.15, -0.1) is 0 Å². The van der Waals surface area contributed by atoms with Crippen LogP contribution in [0.5, 0.6) is 0 Å². The van der Waals surface area contributed by atoms with Crippen LogP contribution in [0.25, 0.3) is 33.7 Å². The van der Waals surface area contributed by atoms with Crippen molar-refractivity contribution in [3.05, 3.63) is 93.4 Å². The number of carbonyl (C=O) groups excluding carboxylic acids is 4. The predicted molar refractivity (Wildman–Crippen MR) is 131 cm³/mol. The Balaban J connectivity index is 0.00000188. The molecule has 3 aromatic rings. The molecule has 6 nitrogen and oxygen atoms in total. The minimum Gasteiger partial charge on any atom is -0.680 e. The van der Waals surface area contributed by atoms with E-state index in [1.165, 1.54) is 20.9 Å². The van der Waals surface area contributed by atoms with Crippen LogP contribution in [-0.4, -0.2) is 30.8 Å². The number of carbonyl (C=O) groups is 4. The average molecular weight is 531 g/mol. The number of aryl methyl sites for hydroxylation is 2. The van der Waals surface area contributed by atoms with E-state index in [4.69, 9.17) is 11.5 Å². The molecule has 0 aliphatic carbocycles. The van der Waals surface area contributed by atoms with Gasteiger partial charge in [0.1, 0.15) is 0 Å². The molecular weight excluding hydrogens is 505 g/mol. The topological polar surface area (TPSA) is 116 Å². The Morgan fingerprint density at radius 1 is 0.706 bits per heavy atom. The minimum absolute atomic E-state index is 0. The van der Waals surface area contributed by atoms with Crippen molar-refractivity contribution < 1.29 is 51.9 Å². The number of amides is 1. The fourth-order valence-electron chi connectivity index (χ4n) is 3.77. The van der Waals surface area contributed by atoms with Crippen LogP contribution in [0.1, 0.15) is 66.4 Å². The van der Waals surface area contributed by atoms with Crippen LogP contribution >= 0.6 is 0 Å². The fraction of sp³-hybridized carbons (Fsp3) is 0.185. The number of nitrogens with one attached hydrogen (secondary N) is 2. The molecule has 0 atom stereocenters. The maximum atomic E-state index is 12.0.